The van der Waals surface area contributed by atoms with Gasteiger partial charge in [0.15, 0.2) is 0 Å². The number of benzene rings is 1. The number of amides is 1. The Hall–Kier alpha value is -1.07. The van der Waals surface area contributed by atoms with Crippen LogP contribution < -0.4 is 5.32 Å². The molecule has 4 nitrogen and oxygen atoms in total. The van der Waals surface area contributed by atoms with Crippen LogP contribution in [-0.4, -0.2) is 17.0 Å². The quantitative estimate of drug-likeness (QED) is 0.875. The first kappa shape index (κ1) is 14.0. The van der Waals surface area contributed by atoms with E-state index >= 15 is 0 Å². The highest BCUT2D eigenvalue weighted by Gasteiger charge is 2.07. The maximum absolute atomic E-state index is 11.5. The van der Waals surface area contributed by atoms with E-state index in [2.05, 4.69) is 21.2 Å². The number of carboxylic acids is 1. The van der Waals surface area contributed by atoms with Crippen molar-refractivity contribution in [3.05, 3.63) is 27.7 Å². The van der Waals surface area contributed by atoms with Gasteiger partial charge in [-0.15, -0.1) is 0 Å². The molecule has 92 valence electrons. The zero-order valence-corrected chi connectivity index (χ0v) is 11.2. The molecule has 0 fully saturated rings. The number of carboxylic acid groups (broad SMARTS) is 1. The van der Waals surface area contributed by atoms with Crippen LogP contribution in [0.2, 0.25) is 5.02 Å². The smallest absolute Gasteiger partial charge is 0.303 e. The van der Waals surface area contributed by atoms with Gasteiger partial charge in [0, 0.05) is 22.3 Å². The van der Waals surface area contributed by atoms with Crippen LogP contribution in [0.15, 0.2) is 22.7 Å². The second-order valence-electron chi connectivity index (χ2n) is 3.42. The third kappa shape index (κ3) is 5.19. The first-order valence-electron chi connectivity index (χ1n) is 4.95. The fraction of sp³-hybridized carbons (Fsp3) is 0.273. The van der Waals surface area contributed by atoms with Crippen molar-refractivity contribution >= 4 is 45.1 Å². The molecule has 1 rings (SSSR count). The average molecular weight is 321 g/mol. The second-order valence-corrected chi connectivity index (χ2v) is 4.71. The van der Waals surface area contributed by atoms with E-state index in [1.165, 1.54) is 0 Å². The van der Waals surface area contributed by atoms with Crippen LogP contribution in [0, 0.1) is 0 Å². The third-order valence-corrected chi connectivity index (χ3v) is 2.92. The predicted molar refractivity (Wildman–Crippen MR) is 69.3 cm³/mol. The molecule has 0 saturated carbocycles. The van der Waals surface area contributed by atoms with Crippen molar-refractivity contribution in [2.24, 2.45) is 0 Å². The van der Waals surface area contributed by atoms with E-state index in [4.69, 9.17) is 16.7 Å². The van der Waals surface area contributed by atoms with E-state index in [0.29, 0.717) is 17.1 Å². The zero-order valence-electron chi connectivity index (χ0n) is 8.87. The summed E-state index contributed by atoms with van der Waals surface area (Å²) in [5, 5.41) is 11.6. The third-order valence-electron chi connectivity index (χ3n) is 2.00. The molecule has 2 N–H and O–H groups in total. The van der Waals surface area contributed by atoms with Gasteiger partial charge in [0.2, 0.25) is 5.91 Å². The monoisotopic (exact) mass is 319 g/mol. The minimum absolute atomic E-state index is 0.00979. The van der Waals surface area contributed by atoms with E-state index in [1.54, 1.807) is 18.2 Å². The lowest BCUT2D eigenvalue weighted by molar-refractivity contribution is -0.137. The molecule has 0 radical (unpaired) electrons. The number of rotatable bonds is 5. The van der Waals surface area contributed by atoms with E-state index in [1.807, 2.05) is 0 Å². The SMILES string of the molecule is O=C(O)CCCC(=O)Nc1cc(Cl)ccc1Br. The van der Waals surface area contributed by atoms with Crippen LogP contribution in [0.25, 0.3) is 0 Å². The summed E-state index contributed by atoms with van der Waals surface area (Å²) in [6.07, 6.45) is 0.481. The van der Waals surface area contributed by atoms with E-state index in [9.17, 15) is 9.59 Å². The molecule has 0 spiro atoms. The molecule has 1 aromatic rings. The largest absolute Gasteiger partial charge is 0.481 e. The number of aliphatic carboxylic acids is 1. The molecule has 1 amide bonds. The van der Waals surface area contributed by atoms with Crippen LogP contribution in [0.4, 0.5) is 5.69 Å². The van der Waals surface area contributed by atoms with Gasteiger partial charge in [-0.2, -0.15) is 0 Å². The summed E-state index contributed by atoms with van der Waals surface area (Å²) in [5.41, 5.74) is 0.581. The lowest BCUT2D eigenvalue weighted by Gasteiger charge is -2.07. The van der Waals surface area contributed by atoms with E-state index in [-0.39, 0.29) is 18.7 Å². The van der Waals surface area contributed by atoms with Gasteiger partial charge < -0.3 is 10.4 Å². The maximum Gasteiger partial charge on any atom is 0.303 e. The Balaban J connectivity index is 2.50. The van der Waals surface area contributed by atoms with Crippen LogP contribution in [0.3, 0.4) is 0 Å². The van der Waals surface area contributed by atoms with Gasteiger partial charge in [0.05, 0.1) is 5.69 Å². The highest BCUT2D eigenvalue weighted by molar-refractivity contribution is 9.10. The highest BCUT2D eigenvalue weighted by atomic mass is 79.9. The van der Waals surface area contributed by atoms with Crippen molar-refractivity contribution in [1.29, 1.82) is 0 Å². The van der Waals surface area contributed by atoms with Gasteiger partial charge in [0.1, 0.15) is 0 Å². The van der Waals surface area contributed by atoms with Crippen LogP contribution in [-0.2, 0) is 9.59 Å². The molecule has 0 aliphatic rings. The fourth-order valence-electron chi connectivity index (χ4n) is 1.21. The summed E-state index contributed by atoms with van der Waals surface area (Å²) in [7, 11) is 0. The van der Waals surface area contributed by atoms with Crippen molar-refractivity contribution in [2.75, 3.05) is 5.32 Å². The number of nitrogens with one attached hydrogen (secondary N) is 1. The second kappa shape index (κ2) is 6.61. The Bertz CT molecular complexity index is 437. The molecule has 0 aliphatic carbocycles. The van der Waals surface area contributed by atoms with Crippen molar-refractivity contribution in [1.82, 2.24) is 0 Å². The minimum Gasteiger partial charge on any atom is -0.481 e. The zero-order chi connectivity index (χ0) is 12.8. The Kier molecular flexibility index (Phi) is 5.44. The molecule has 1 aromatic carbocycles. The van der Waals surface area contributed by atoms with Crippen molar-refractivity contribution in [3.63, 3.8) is 0 Å². The lowest BCUT2D eigenvalue weighted by Crippen LogP contribution is -2.12. The van der Waals surface area contributed by atoms with Crippen molar-refractivity contribution in [3.8, 4) is 0 Å². The van der Waals surface area contributed by atoms with Gasteiger partial charge in [-0.05, 0) is 40.5 Å². The first-order chi connectivity index (χ1) is 7.99. The summed E-state index contributed by atoms with van der Waals surface area (Å²) >= 11 is 9.08. The van der Waals surface area contributed by atoms with Gasteiger partial charge in [-0.25, -0.2) is 0 Å². The van der Waals surface area contributed by atoms with E-state index < -0.39 is 5.97 Å². The first-order valence-corrected chi connectivity index (χ1v) is 6.13. The molecule has 0 saturated heterocycles. The molecule has 0 aromatic heterocycles. The number of hydrogen-bond acceptors (Lipinski definition) is 2. The Labute approximate surface area is 112 Å². The summed E-state index contributed by atoms with van der Waals surface area (Å²) < 4.78 is 0.730. The summed E-state index contributed by atoms with van der Waals surface area (Å²) in [6.45, 7) is 0. The van der Waals surface area contributed by atoms with Gasteiger partial charge in [-0.1, -0.05) is 11.6 Å². The van der Waals surface area contributed by atoms with Gasteiger partial charge in [0.25, 0.3) is 0 Å². The molecule has 0 unspecified atom stereocenters. The maximum atomic E-state index is 11.5. The van der Waals surface area contributed by atoms with Gasteiger partial charge in [-0.3, -0.25) is 9.59 Å². The number of carbonyl (C=O) groups excluding carboxylic acids is 1. The average Bonchev–Trinajstić information content (AvgIpc) is 2.23. The molecule has 0 aliphatic heterocycles. The molecule has 0 atom stereocenters. The molecular weight excluding hydrogens is 309 g/mol. The standard InChI is InChI=1S/C11H11BrClNO3/c12-8-5-4-7(13)6-9(8)14-10(15)2-1-3-11(16)17/h4-6H,1-3H2,(H,14,15)(H,16,17). The summed E-state index contributed by atoms with van der Waals surface area (Å²) in [4.78, 5) is 21.8. The topological polar surface area (TPSA) is 66.4 Å². The van der Waals surface area contributed by atoms with Crippen molar-refractivity contribution < 1.29 is 14.7 Å². The normalized spacial score (nSPS) is 10.0. The predicted octanol–water partition coefficient (Wildman–Crippen LogP) is 3.30. The Morgan fingerprint density at radius 3 is 2.71 bits per heavy atom. The minimum atomic E-state index is -0.901. The molecule has 0 bridgehead atoms. The van der Waals surface area contributed by atoms with Crippen LogP contribution in [0.5, 0.6) is 0 Å². The molecule has 0 heterocycles. The van der Waals surface area contributed by atoms with Gasteiger partial charge >= 0.3 is 5.97 Å². The Morgan fingerprint density at radius 2 is 2.06 bits per heavy atom. The summed E-state index contributed by atoms with van der Waals surface area (Å²) in [5.74, 6) is -1.13. The summed E-state index contributed by atoms with van der Waals surface area (Å²) in [6, 6.07) is 5.06. The van der Waals surface area contributed by atoms with Crippen LogP contribution in [0.1, 0.15) is 19.3 Å². The van der Waals surface area contributed by atoms with Crippen molar-refractivity contribution in [2.45, 2.75) is 19.3 Å². The number of carbonyl (C=O) groups is 2. The molecule has 17 heavy (non-hydrogen) atoms. The molecular formula is C11H11BrClNO3. The number of hydrogen-bond donors (Lipinski definition) is 2. The number of anilines is 1. The Morgan fingerprint density at radius 1 is 1.35 bits per heavy atom. The fourth-order valence-corrected chi connectivity index (χ4v) is 1.72. The highest BCUT2D eigenvalue weighted by Crippen LogP contribution is 2.26. The van der Waals surface area contributed by atoms with Crippen LogP contribution >= 0.6 is 27.5 Å². The van der Waals surface area contributed by atoms with E-state index in [0.717, 1.165) is 4.47 Å². The lowest BCUT2D eigenvalue weighted by atomic mass is 10.2. The molecule has 6 heteroatoms. The number of halogens is 2.